The number of amides is 1. The molecule has 0 aliphatic heterocycles. The maximum Gasteiger partial charge on any atom is 0.256 e. The number of halogens is 2. The summed E-state index contributed by atoms with van der Waals surface area (Å²) in [4.78, 5) is 12.6. The van der Waals surface area contributed by atoms with Crippen molar-refractivity contribution < 1.29 is 9.53 Å². The summed E-state index contributed by atoms with van der Waals surface area (Å²) in [6.07, 6.45) is 3.63. The van der Waals surface area contributed by atoms with E-state index >= 15 is 0 Å². The van der Waals surface area contributed by atoms with E-state index in [-0.39, 0.29) is 5.91 Å². The van der Waals surface area contributed by atoms with Crippen molar-refractivity contribution in [1.29, 1.82) is 0 Å². The van der Waals surface area contributed by atoms with Crippen LogP contribution in [0.3, 0.4) is 0 Å². The Labute approximate surface area is 152 Å². The number of ether oxygens (including phenoxy) is 1. The number of hydrogen-bond donors (Lipinski definition) is 0. The number of nitrogens with zero attached hydrogens (tertiary/aromatic N) is 2. The molecule has 0 radical (unpaired) electrons. The van der Waals surface area contributed by atoms with E-state index in [9.17, 15) is 4.79 Å². The Balaban J connectivity index is 2.16. The van der Waals surface area contributed by atoms with Gasteiger partial charge >= 0.3 is 0 Å². The lowest BCUT2D eigenvalue weighted by Crippen LogP contribution is -2.35. The van der Waals surface area contributed by atoms with Gasteiger partial charge in [0.05, 0.1) is 13.7 Å². The molecule has 1 aromatic heterocycles. The molecule has 1 amide bonds. The van der Waals surface area contributed by atoms with Crippen LogP contribution in [0.5, 0.6) is 5.75 Å². The first-order valence-electron chi connectivity index (χ1n) is 7.50. The average molecular weight is 367 g/mol. The second-order valence-electron chi connectivity index (χ2n) is 5.29. The van der Waals surface area contributed by atoms with Crippen molar-refractivity contribution in [3.63, 3.8) is 0 Å². The van der Waals surface area contributed by atoms with Gasteiger partial charge in [-0.1, -0.05) is 41.4 Å². The lowest BCUT2D eigenvalue weighted by Gasteiger charge is -2.22. The van der Waals surface area contributed by atoms with E-state index in [1.807, 2.05) is 42.6 Å². The minimum absolute atomic E-state index is 0.327. The number of benzene rings is 1. The molecule has 0 spiro atoms. The smallest absolute Gasteiger partial charge is 0.256 e. The fourth-order valence-electron chi connectivity index (χ4n) is 2.44. The number of carbonyl (C=O) groups is 1. The SMILES string of the molecule is C=CCN(Cc1cccn1Cc1cccc(OC)c1)C(=O)C(Cl)Cl. The van der Waals surface area contributed by atoms with Crippen molar-refractivity contribution in [2.24, 2.45) is 0 Å². The van der Waals surface area contributed by atoms with Crippen molar-refractivity contribution in [3.8, 4) is 5.75 Å². The highest BCUT2D eigenvalue weighted by Crippen LogP contribution is 2.17. The number of hydrogen-bond acceptors (Lipinski definition) is 2. The van der Waals surface area contributed by atoms with Crippen LogP contribution in [0.25, 0.3) is 0 Å². The zero-order chi connectivity index (χ0) is 17.5. The van der Waals surface area contributed by atoms with Gasteiger partial charge in [0, 0.05) is 25.0 Å². The fraction of sp³-hybridized carbons (Fsp3) is 0.278. The number of alkyl halides is 2. The Hall–Kier alpha value is -1.91. The number of aromatic nitrogens is 1. The van der Waals surface area contributed by atoms with E-state index in [0.29, 0.717) is 19.6 Å². The summed E-state index contributed by atoms with van der Waals surface area (Å²) in [5.41, 5.74) is 2.10. The molecule has 128 valence electrons. The highest BCUT2D eigenvalue weighted by molar-refractivity contribution is 6.53. The van der Waals surface area contributed by atoms with Gasteiger partial charge in [-0.15, -0.1) is 6.58 Å². The molecule has 0 fully saturated rings. The number of carbonyl (C=O) groups excluding carboxylic acids is 1. The largest absolute Gasteiger partial charge is 0.497 e. The lowest BCUT2D eigenvalue weighted by atomic mass is 10.2. The molecule has 0 aliphatic rings. The van der Waals surface area contributed by atoms with Crippen LogP contribution in [-0.4, -0.2) is 33.9 Å². The molecule has 0 aliphatic carbocycles. The predicted octanol–water partition coefficient (Wildman–Crippen LogP) is 3.86. The minimum atomic E-state index is -1.08. The van der Waals surface area contributed by atoms with Crippen LogP contribution in [0.2, 0.25) is 0 Å². The van der Waals surface area contributed by atoms with Gasteiger partial charge in [-0.2, -0.15) is 0 Å². The second kappa shape index (κ2) is 8.81. The lowest BCUT2D eigenvalue weighted by molar-refractivity contribution is -0.129. The van der Waals surface area contributed by atoms with Gasteiger partial charge in [0.1, 0.15) is 5.75 Å². The van der Waals surface area contributed by atoms with Gasteiger partial charge in [-0.05, 0) is 29.8 Å². The molecule has 0 N–H and O–H groups in total. The van der Waals surface area contributed by atoms with Gasteiger partial charge < -0.3 is 14.2 Å². The fourth-order valence-corrected chi connectivity index (χ4v) is 2.71. The Morgan fingerprint density at radius 3 is 2.83 bits per heavy atom. The standard InChI is InChI=1S/C18H20Cl2N2O2/c1-3-9-22(18(23)17(19)20)13-15-7-5-10-21(15)12-14-6-4-8-16(11-14)24-2/h3-8,10-11,17H,1,9,12-13H2,2H3. The molecule has 0 saturated heterocycles. The van der Waals surface area contributed by atoms with Gasteiger partial charge in [-0.25, -0.2) is 0 Å². The Morgan fingerprint density at radius 2 is 2.17 bits per heavy atom. The quantitative estimate of drug-likeness (QED) is 0.525. The van der Waals surface area contributed by atoms with Crippen molar-refractivity contribution in [1.82, 2.24) is 9.47 Å². The molecule has 24 heavy (non-hydrogen) atoms. The Bertz CT molecular complexity index is 698. The minimum Gasteiger partial charge on any atom is -0.497 e. The van der Waals surface area contributed by atoms with Crippen LogP contribution < -0.4 is 4.74 Å². The highest BCUT2D eigenvalue weighted by Gasteiger charge is 2.20. The molecule has 2 rings (SSSR count). The molecule has 4 nitrogen and oxygen atoms in total. The normalized spacial score (nSPS) is 10.7. The molecule has 0 atom stereocenters. The number of rotatable bonds is 8. The third-order valence-corrected chi connectivity index (χ3v) is 3.98. The summed E-state index contributed by atoms with van der Waals surface area (Å²) in [5, 5.41) is 0. The van der Waals surface area contributed by atoms with Crippen molar-refractivity contribution in [2.45, 2.75) is 17.9 Å². The van der Waals surface area contributed by atoms with Crippen LogP contribution in [-0.2, 0) is 17.9 Å². The monoisotopic (exact) mass is 366 g/mol. The summed E-state index contributed by atoms with van der Waals surface area (Å²) < 4.78 is 7.34. The first kappa shape index (κ1) is 18.4. The van der Waals surface area contributed by atoms with Crippen molar-refractivity contribution >= 4 is 29.1 Å². The molecule has 6 heteroatoms. The average Bonchev–Trinajstić information content (AvgIpc) is 3.00. The zero-order valence-corrected chi connectivity index (χ0v) is 15.0. The highest BCUT2D eigenvalue weighted by atomic mass is 35.5. The van der Waals surface area contributed by atoms with Crippen LogP contribution in [0, 0.1) is 0 Å². The molecule has 1 heterocycles. The molecular formula is C18H20Cl2N2O2. The molecule has 1 aromatic carbocycles. The van der Waals surface area contributed by atoms with Gasteiger partial charge in [0.25, 0.3) is 5.91 Å². The third kappa shape index (κ3) is 4.79. The first-order chi connectivity index (χ1) is 11.5. The van der Waals surface area contributed by atoms with E-state index in [2.05, 4.69) is 11.1 Å². The molecule has 0 bridgehead atoms. The molecule has 0 saturated carbocycles. The molecule has 2 aromatic rings. The van der Waals surface area contributed by atoms with E-state index in [1.165, 1.54) is 0 Å². The van der Waals surface area contributed by atoms with E-state index in [4.69, 9.17) is 27.9 Å². The summed E-state index contributed by atoms with van der Waals surface area (Å²) in [5.74, 6) is 0.490. The van der Waals surface area contributed by atoms with Crippen molar-refractivity contribution in [2.75, 3.05) is 13.7 Å². The van der Waals surface area contributed by atoms with Gasteiger partial charge in [0.15, 0.2) is 4.84 Å². The summed E-state index contributed by atoms with van der Waals surface area (Å²) >= 11 is 11.4. The van der Waals surface area contributed by atoms with E-state index < -0.39 is 4.84 Å². The van der Waals surface area contributed by atoms with Crippen LogP contribution in [0.15, 0.2) is 55.3 Å². The maximum atomic E-state index is 12.1. The molecular weight excluding hydrogens is 347 g/mol. The van der Waals surface area contributed by atoms with Gasteiger partial charge in [0.2, 0.25) is 0 Å². The van der Waals surface area contributed by atoms with E-state index in [0.717, 1.165) is 17.0 Å². The topological polar surface area (TPSA) is 34.5 Å². The maximum absolute atomic E-state index is 12.1. The summed E-state index contributed by atoms with van der Waals surface area (Å²) in [7, 11) is 1.65. The summed E-state index contributed by atoms with van der Waals surface area (Å²) in [6.45, 7) is 5.16. The third-order valence-electron chi connectivity index (χ3n) is 3.61. The first-order valence-corrected chi connectivity index (χ1v) is 8.37. The Kier molecular flexibility index (Phi) is 6.76. The Morgan fingerprint density at radius 1 is 1.38 bits per heavy atom. The van der Waals surface area contributed by atoms with Crippen LogP contribution >= 0.6 is 23.2 Å². The van der Waals surface area contributed by atoms with Crippen molar-refractivity contribution in [3.05, 3.63) is 66.5 Å². The van der Waals surface area contributed by atoms with Crippen LogP contribution in [0.4, 0.5) is 0 Å². The zero-order valence-electron chi connectivity index (χ0n) is 13.5. The van der Waals surface area contributed by atoms with Crippen LogP contribution in [0.1, 0.15) is 11.3 Å². The second-order valence-corrected chi connectivity index (χ2v) is 6.38. The summed E-state index contributed by atoms with van der Waals surface area (Å²) in [6, 6.07) is 11.8. The number of methoxy groups -OCH3 is 1. The van der Waals surface area contributed by atoms with Gasteiger partial charge in [-0.3, -0.25) is 4.79 Å². The molecule has 0 unspecified atom stereocenters. The predicted molar refractivity (Wildman–Crippen MR) is 97.6 cm³/mol. The van der Waals surface area contributed by atoms with E-state index in [1.54, 1.807) is 18.1 Å².